The summed E-state index contributed by atoms with van der Waals surface area (Å²) in [4.78, 5) is 72.7. The first-order chi connectivity index (χ1) is 44.7. The fourth-order valence-electron chi connectivity index (χ4n) is 10.7. The molecule has 17 nitrogen and oxygen atoms in total. The Morgan fingerprint density at radius 3 is 0.871 bits per heavy atom. The van der Waals surface area contributed by atoms with Gasteiger partial charge in [-0.2, -0.15) is 0 Å². The lowest BCUT2D eigenvalue weighted by atomic mass is 10.0. The van der Waals surface area contributed by atoms with Crippen LogP contribution in [0.3, 0.4) is 0 Å². The quantitative estimate of drug-likeness (QED) is 0.0169. The lowest BCUT2D eigenvalue weighted by molar-refractivity contribution is -0.161. The van der Waals surface area contributed by atoms with Crippen molar-refractivity contribution in [3.05, 3.63) is 24.3 Å². The van der Waals surface area contributed by atoms with Crippen LogP contribution in [0.2, 0.25) is 0 Å². The zero-order valence-electron chi connectivity index (χ0n) is 60.2. The van der Waals surface area contributed by atoms with Gasteiger partial charge in [0.1, 0.15) is 19.3 Å². The molecule has 3 N–H and O–H groups in total. The Bertz CT molecular complexity index is 1910. The maximum atomic E-state index is 13.1. The Morgan fingerprint density at radius 1 is 0.333 bits per heavy atom. The van der Waals surface area contributed by atoms with Crippen molar-refractivity contribution in [3.8, 4) is 0 Å². The third-order valence-electron chi connectivity index (χ3n) is 16.5. The zero-order chi connectivity index (χ0) is 68.7. The van der Waals surface area contributed by atoms with Crippen molar-refractivity contribution >= 4 is 39.5 Å². The normalized spacial score (nSPS) is 14.3. The van der Waals surface area contributed by atoms with E-state index in [4.69, 9.17) is 37.0 Å². The summed E-state index contributed by atoms with van der Waals surface area (Å²) >= 11 is 0. The molecule has 0 aliphatic heterocycles. The summed E-state index contributed by atoms with van der Waals surface area (Å²) in [6.45, 7) is 11.8. The highest BCUT2D eigenvalue weighted by Crippen LogP contribution is 2.45. The van der Waals surface area contributed by atoms with Gasteiger partial charge in [-0.05, 0) is 69.1 Å². The van der Waals surface area contributed by atoms with Gasteiger partial charge in [-0.1, -0.05) is 297 Å². The predicted molar refractivity (Wildman–Crippen MR) is 377 cm³/mol. The van der Waals surface area contributed by atoms with E-state index >= 15 is 0 Å². The van der Waals surface area contributed by atoms with Gasteiger partial charge in [0.05, 0.1) is 26.4 Å². The Hall–Kier alpha value is -2.46. The molecule has 0 spiro atoms. The number of phosphoric ester groups is 2. The first-order valence-electron chi connectivity index (χ1n) is 37.7. The minimum Gasteiger partial charge on any atom is -0.462 e. The van der Waals surface area contributed by atoms with Crippen LogP contribution in [0.15, 0.2) is 24.3 Å². The molecule has 0 fully saturated rings. The summed E-state index contributed by atoms with van der Waals surface area (Å²) in [5, 5.41) is 10.6. The second kappa shape index (κ2) is 64.2. The van der Waals surface area contributed by atoms with Crippen molar-refractivity contribution in [2.75, 3.05) is 39.6 Å². The first-order valence-corrected chi connectivity index (χ1v) is 40.7. The van der Waals surface area contributed by atoms with Crippen LogP contribution in [0, 0.1) is 17.8 Å². The molecule has 0 bridgehead atoms. The van der Waals surface area contributed by atoms with Crippen LogP contribution in [-0.2, 0) is 65.4 Å². The lowest BCUT2D eigenvalue weighted by Crippen LogP contribution is -2.30. The van der Waals surface area contributed by atoms with Gasteiger partial charge in [0, 0.05) is 25.7 Å². The van der Waals surface area contributed by atoms with Gasteiger partial charge in [-0.25, -0.2) is 9.13 Å². The molecule has 0 aromatic carbocycles. The standard InChI is InChI=1S/C74H140O17P2/c1-8-9-10-11-12-13-14-15-16-17-22-28-35-43-50-57-73(78)91-70(62-85-72(77)56-49-42-37-30-33-40-47-54-67(6)7)64-89-93(82,83)87-60-68(75)59-86-92(80,81)88-63-69(90-74(79)58-51-44-36-29-24-23-26-32-39-46-53-66(4)5)61-84-71(76)55-48-41-34-27-21-19-18-20-25-31-38-45-52-65(2)3/h13-16,65-70,75H,8-12,17-64H2,1-7H3,(H,80,81)(H,82,83)/b14-13-,16-15-/t68?,69-,70-/m1/s1. The minimum atomic E-state index is -4.96. The number of carbonyl (C=O) groups excluding carboxylic acids is 4. The van der Waals surface area contributed by atoms with E-state index in [-0.39, 0.29) is 25.7 Å². The predicted octanol–water partition coefficient (Wildman–Crippen LogP) is 21.0. The van der Waals surface area contributed by atoms with Gasteiger partial charge < -0.3 is 33.8 Å². The molecule has 19 heteroatoms. The van der Waals surface area contributed by atoms with E-state index in [1.54, 1.807) is 0 Å². The van der Waals surface area contributed by atoms with Crippen molar-refractivity contribution in [2.45, 2.75) is 369 Å². The summed E-state index contributed by atoms with van der Waals surface area (Å²) in [6.07, 6.45) is 52.2. The number of unbranched alkanes of at least 4 members (excludes halogenated alkanes) is 35. The molecule has 0 radical (unpaired) electrons. The zero-order valence-corrected chi connectivity index (χ0v) is 62.0. The molecular formula is C74H140O17P2. The number of esters is 4. The van der Waals surface area contributed by atoms with Crippen LogP contribution >= 0.6 is 15.6 Å². The van der Waals surface area contributed by atoms with Gasteiger partial charge in [-0.15, -0.1) is 0 Å². The van der Waals surface area contributed by atoms with Gasteiger partial charge in [0.25, 0.3) is 0 Å². The van der Waals surface area contributed by atoms with Crippen LogP contribution in [0.5, 0.6) is 0 Å². The van der Waals surface area contributed by atoms with Gasteiger partial charge in [0.15, 0.2) is 12.2 Å². The smallest absolute Gasteiger partial charge is 0.462 e. The third kappa shape index (κ3) is 67.9. The topological polar surface area (TPSA) is 237 Å². The Balaban J connectivity index is 5.29. The van der Waals surface area contributed by atoms with Crippen LogP contribution in [0.4, 0.5) is 0 Å². The minimum absolute atomic E-state index is 0.0839. The Labute approximate surface area is 567 Å². The van der Waals surface area contributed by atoms with E-state index in [1.165, 1.54) is 141 Å². The fraction of sp³-hybridized carbons (Fsp3) is 0.892. The number of allylic oxidation sites excluding steroid dienone is 4. The maximum absolute atomic E-state index is 13.1. The Morgan fingerprint density at radius 2 is 0.581 bits per heavy atom. The number of ether oxygens (including phenoxy) is 4. The molecule has 3 unspecified atom stereocenters. The molecule has 0 aliphatic rings. The average molecular weight is 1360 g/mol. The lowest BCUT2D eigenvalue weighted by Gasteiger charge is -2.21. The third-order valence-corrected chi connectivity index (χ3v) is 18.4. The highest BCUT2D eigenvalue weighted by atomic mass is 31.2. The average Bonchev–Trinajstić information content (AvgIpc) is 1.50. The molecule has 0 saturated carbocycles. The second-order valence-electron chi connectivity index (χ2n) is 27.4. The number of aliphatic hydroxyl groups is 1. The molecule has 0 amide bonds. The SMILES string of the molecule is CCCCCC/C=C\C=C/CCCCCCCC(=O)O[C@H](COC(=O)CCCCCCCCCC(C)C)COP(=O)(O)OCC(O)COP(=O)(O)OC[C@@H](COC(=O)CCCCCCCCCCCCCCC(C)C)OC(=O)CCCCCCCCCCCCC(C)C. The molecule has 0 aliphatic carbocycles. The number of rotatable bonds is 70. The van der Waals surface area contributed by atoms with Crippen molar-refractivity contribution in [2.24, 2.45) is 17.8 Å². The van der Waals surface area contributed by atoms with Gasteiger partial charge in [0.2, 0.25) is 0 Å². The molecule has 0 aromatic rings. The maximum Gasteiger partial charge on any atom is 0.472 e. The summed E-state index contributed by atoms with van der Waals surface area (Å²) in [7, 11) is -9.92. The number of hydrogen-bond acceptors (Lipinski definition) is 15. The summed E-state index contributed by atoms with van der Waals surface area (Å²) < 4.78 is 68.4. The fourth-order valence-corrected chi connectivity index (χ4v) is 12.3. The number of carbonyl (C=O) groups is 4. The number of aliphatic hydroxyl groups excluding tert-OH is 1. The summed E-state index contributed by atoms with van der Waals surface area (Å²) in [5.41, 5.74) is 0. The molecular weight excluding hydrogens is 1220 g/mol. The van der Waals surface area contributed by atoms with Crippen molar-refractivity contribution in [1.82, 2.24) is 0 Å². The highest BCUT2D eigenvalue weighted by Gasteiger charge is 2.30. The van der Waals surface area contributed by atoms with Crippen LogP contribution in [-0.4, -0.2) is 96.7 Å². The van der Waals surface area contributed by atoms with Crippen molar-refractivity contribution in [3.63, 3.8) is 0 Å². The summed E-state index contributed by atoms with van der Waals surface area (Å²) in [5.74, 6) is 0.0804. The highest BCUT2D eigenvalue weighted by molar-refractivity contribution is 7.47. The first kappa shape index (κ1) is 90.5. The van der Waals surface area contributed by atoms with E-state index in [0.717, 1.165) is 121 Å². The van der Waals surface area contributed by atoms with Crippen LogP contribution in [0.1, 0.15) is 350 Å². The molecule has 93 heavy (non-hydrogen) atoms. The van der Waals surface area contributed by atoms with Gasteiger partial charge in [-0.3, -0.25) is 37.3 Å². The molecule has 0 rings (SSSR count). The Kier molecular flexibility index (Phi) is 62.5. The van der Waals surface area contributed by atoms with Crippen molar-refractivity contribution in [1.29, 1.82) is 0 Å². The van der Waals surface area contributed by atoms with E-state index in [9.17, 15) is 43.2 Å². The molecule has 548 valence electrons. The van der Waals surface area contributed by atoms with E-state index < -0.39 is 97.5 Å². The van der Waals surface area contributed by atoms with E-state index in [2.05, 4.69) is 72.8 Å². The van der Waals surface area contributed by atoms with Crippen LogP contribution < -0.4 is 0 Å². The molecule has 5 atom stereocenters. The van der Waals surface area contributed by atoms with Crippen LogP contribution in [0.25, 0.3) is 0 Å². The molecule has 0 aromatic heterocycles. The van der Waals surface area contributed by atoms with E-state index in [0.29, 0.717) is 31.6 Å². The number of hydrogen-bond donors (Lipinski definition) is 3. The second-order valence-corrected chi connectivity index (χ2v) is 30.3. The molecule has 0 heterocycles. The summed E-state index contributed by atoms with van der Waals surface area (Å²) in [6, 6.07) is 0. The largest absolute Gasteiger partial charge is 0.472 e. The monoisotopic (exact) mass is 1360 g/mol. The van der Waals surface area contributed by atoms with Gasteiger partial charge >= 0.3 is 39.5 Å². The van der Waals surface area contributed by atoms with E-state index in [1.807, 2.05) is 0 Å². The molecule has 0 saturated heterocycles. The number of phosphoric acid groups is 2. The van der Waals surface area contributed by atoms with Crippen molar-refractivity contribution < 1.29 is 80.2 Å².